The number of aliphatic hydroxyl groups excluding tert-OH is 1. The van der Waals surface area contributed by atoms with Crippen molar-refractivity contribution in [3.05, 3.63) is 29.3 Å². The van der Waals surface area contributed by atoms with Crippen LogP contribution in [0.4, 0.5) is 0 Å². The third kappa shape index (κ3) is 3.24. The lowest BCUT2D eigenvalue weighted by atomic mass is 10.0. The number of ether oxygens (including phenoxy) is 1. The minimum Gasteiger partial charge on any atom is -0.550 e. The second-order valence-corrected chi connectivity index (χ2v) is 3.66. The molecule has 1 aromatic carbocycles. The number of aryl methyl sites for hydroxylation is 1. The molecule has 88 valence electrons. The highest BCUT2D eigenvalue weighted by molar-refractivity contribution is 5.64. The van der Waals surface area contributed by atoms with Crippen molar-refractivity contribution in [1.29, 1.82) is 0 Å². The zero-order valence-electron chi connectivity index (χ0n) is 9.40. The van der Waals surface area contributed by atoms with Gasteiger partial charge in [-0.05, 0) is 43.0 Å². The molecular weight excluding hydrogens is 208 g/mol. The second-order valence-electron chi connectivity index (χ2n) is 3.66. The van der Waals surface area contributed by atoms with Crippen molar-refractivity contribution in [3.63, 3.8) is 0 Å². The molecule has 0 saturated carbocycles. The van der Waals surface area contributed by atoms with E-state index in [0.29, 0.717) is 5.56 Å². The van der Waals surface area contributed by atoms with Gasteiger partial charge < -0.3 is 19.7 Å². The third-order valence-electron chi connectivity index (χ3n) is 2.43. The number of aliphatic hydroxyl groups is 1. The largest absolute Gasteiger partial charge is 0.550 e. The molecule has 1 N–H and O–H groups in total. The van der Waals surface area contributed by atoms with E-state index in [2.05, 4.69) is 0 Å². The van der Waals surface area contributed by atoms with Gasteiger partial charge in [0.25, 0.3) is 0 Å². The minimum atomic E-state index is -1.15. The van der Waals surface area contributed by atoms with Gasteiger partial charge in [-0.3, -0.25) is 0 Å². The lowest BCUT2D eigenvalue weighted by Gasteiger charge is -2.13. The molecule has 0 unspecified atom stereocenters. The highest BCUT2D eigenvalue weighted by atomic mass is 16.5. The Labute approximate surface area is 94.5 Å². The smallest absolute Gasteiger partial charge is 0.121 e. The first-order chi connectivity index (χ1) is 7.54. The summed E-state index contributed by atoms with van der Waals surface area (Å²) in [6.07, 6.45) is -0.761. The average Bonchev–Trinajstić information content (AvgIpc) is 2.25. The Hall–Kier alpha value is -1.55. The SMILES string of the molecule is COc1ccc([C@@H](O)CCC(=O)[O-])cc1C. The topological polar surface area (TPSA) is 69.6 Å². The Morgan fingerprint density at radius 1 is 1.56 bits per heavy atom. The molecule has 0 bridgehead atoms. The molecular formula is C12H15O4-. The van der Waals surface area contributed by atoms with Gasteiger partial charge in [-0.25, -0.2) is 0 Å². The van der Waals surface area contributed by atoms with Gasteiger partial charge in [0.05, 0.1) is 13.2 Å². The van der Waals surface area contributed by atoms with E-state index in [1.165, 1.54) is 0 Å². The number of methoxy groups -OCH3 is 1. The van der Waals surface area contributed by atoms with Crippen molar-refractivity contribution < 1.29 is 19.7 Å². The Bertz CT molecular complexity index is 373. The maximum atomic E-state index is 10.3. The van der Waals surface area contributed by atoms with Crippen LogP contribution in [0.2, 0.25) is 0 Å². The van der Waals surface area contributed by atoms with Crippen molar-refractivity contribution in [1.82, 2.24) is 0 Å². The number of aliphatic carboxylic acids is 1. The summed E-state index contributed by atoms with van der Waals surface area (Å²) in [7, 11) is 1.58. The summed E-state index contributed by atoms with van der Waals surface area (Å²) in [6.45, 7) is 1.87. The molecule has 0 saturated heterocycles. The predicted molar refractivity (Wildman–Crippen MR) is 56.9 cm³/mol. The maximum Gasteiger partial charge on any atom is 0.121 e. The highest BCUT2D eigenvalue weighted by Crippen LogP contribution is 2.24. The van der Waals surface area contributed by atoms with Crippen LogP contribution in [0.15, 0.2) is 18.2 Å². The van der Waals surface area contributed by atoms with E-state index in [4.69, 9.17) is 4.74 Å². The van der Waals surface area contributed by atoms with Crippen molar-refractivity contribution in [2.45, 2.75) is 25.9 Å². The Morgan fingerprint density at radius 3 is 2.75 bits per heavy atom. The third-order valence-corrected chi connectivity index (χ3v) is 2.43. The van der Waals surface area contributed by atoms with Crippen LogP contribution >= 0.6 is 0 Å². The van der Waals surface area contributed by atoms with Crippen LogP contribution in [0, 0.1) is 6.92 Å². The molecule has 0 heterocycles. The summed E-state index contributed by atoms with van der Waals surface area (Å²) in [4.78, 5) is 10.3. The Morgan fingerprint density at radius 2 is 2.25 bits per heavy atom. The number of hydrogen-bond acceptors (Lipinski definition) is 4. The van der Waals surface area contributed by atoms with Crippen LogP contribution in [0.5, 0.6) is 5.75 Å². The number of carboxylic acids is 1. The first-order valence-corrected chi connectivity index (χ1v) is 5.07. The summed E-state index contributed by atoms with van der Waals surface area (Å²) >= 11 is 0. The average molecular weight is 223 g/mol. The number of benzene rings is 1. The summed E-state index contributed by atoms with van der Waals surface area (Å²) < 4.78 is 5.09. The molecule has 0 aliphatic carbocycles. The van der Waals surface area contributed by atoms with Crippen LogP contribution < -0.4 is 9.84 Å². The number of carbonyl (C=O) groups is 1. The van der Waals surface area contributed by atoms with Gasteiger partial charge in [-0.2, -0.15) is 0 Å². The molecule has 0 aliphatic rings. The molecule has 0 spiro atoms. The molecule has 16 heavy (non-hydrogen) atoms. The van der Waals surface area contributed by atoms with Crippen LogP contribution in [-0.2, 0) is 4.79 Å². The number of carboxylic acid groups (broad SMARTS) is 1. The zero-order chi connectivity index (χ0) is 12.1. The minimum absolute atomic E-state index is 0.147. The van der Waals surface area contributed by atoms with Gasteiger partial charge in [0.2, 0.25) is 0 Å². The van der Waals surface area contributed by atoms with Gasteiger partial charge >= 0.3 is 0 Å². The monoisotopic (exact) mass is 223 g/mol. The standard InChI is InChI=1S/C12H16O4/c1-8-7-9(3-5-11(8)16-2)10(13)4-6-12(14)15/h3,5,7,10,13H,4,6H2,1-2H3,(H,14,15)/p-1/t10-/m0/s1. The van der Waals surface area contributed by atoms with E-state index in [1.807, 2.05) is 6.92 Å². The lowest BCUT2D eigenvalue weighted by Crippen LogP contribution is -2.22. The molecule has 0 aromatic heterocycles. The number of rotatable bonds is 5. The van der Waals surface area contributed by atoms with Crippen LogP contribution in [0.1, 0.15) is 30.1 Å². The van der Waals surface area contributed by atoms with Crippen LogP contribution in [-0.4, -0.2) is 18.2 Å². The van der Waals surface area contributed by atoms with E-state index < -0.39 is 12.1 Å². The summed E-state index contributed by atoms with van der Waals surface area (Å²) in [5.74, 6) is -0.403. The summed E-state index contributed by atoms with van der Waals surface area (Å²) in [6, 6.07) is 5.28. The maximum absolute atomic E-state index is 10.3. The quantitative estimate of drug-likeness (QED) is 0.792. The Kier molecular flexibility index (Phi) is 4.31. The molecule has 0 radical (unpaired) electrons. The van der Waals surface area contributed by atoms with Crippen LogP contribution in [0.25, 0.3) is 0 Å². The van der Waals surface area contributed by atoms with E-state index in [0.717, 1.165) is 11.3 Å². The van der Waals surface area contributed by atoms with Gasteiger partial charge in [-0.1, -0.05) is 6.07 Å². The second kappa shape index (κ2) is 5.51. The molecule has 0 fully saturated rings. The van der Waals surface area contributed by atoms with E-state index >= 15 is 0 Å². The normalized spacial score (nSPS) is 12.2. The fraction of sp³-hybridized carbons (Fsp3) is 0.417. The van der Waals surface area contributed by atoms with E-state index in [1.54, 1.807) is 25.3 Å². The molecule has 1 rings (SSSR count). The summed E-state index contributed by atoms with van der Waals surface area (Å²) in [5, 5.41) is 20.0. The molecule has 0 aliphatic heterocycles. The van der Waals surface area contributed by atoms with Gasteiger partial charge in [0.1, 0.15) is 5.75 Å². The number of carbonyl (C=O) groups excluding carboxylic acids is 1. The molecule has 0 amide bonds. The Balaban J connectivity index is 2.72. The van der Waals surface area contributed by atoms with Crippen molar-refractivity contribution in [2.24, 2.45) is 0 Å². The molecule has 4 nitrogen and oxygen atoms in total. The van der Waals surface area contributed by atoms with Crippen molar-refractivity contribution >= 4 is 5.97 Å². The first-order valence-electron chi connectivity index (χ1n) is 5.07. The molecule has 4 heteroatoms. The fourth-order valence-electron chi connectivity index (χ4n) is 1.53. The summed E-state index contributed by atoms with van der Waals surface area (Å²) in [5.41, 5.74) is 1.60. The van der Waals surface area contributed by atoms with Gasteiger partial charge in [0, 0.05) is 5.97 Å². The van der Waals surface area contributed by atoms with Crippen molar-refractivity contribution in [3.8, 4) is 5.75 Å². The van der Waals surface area contributed by atoms with Gasteiger partial charge in [0.15, 0.2) is 0 Å². The molecule has 1 atom stereocenters. The van der Waals surface area contributed by atoms with Crippen LogP contribution in [0.3, 0.4) is 0 Å². The van der Waals surface area contributed by atoms with Crippen molar-refractivity contribution in [2.75, 3.05) is 7.11 Å². The fourth-order valence-corrected chi connectivity index (χ4v) is 1.53. The highest BCUT2D eigenvalue weighted by Gasteiger charge is 2.09. The van der Waals surface area contributed by atoms with E-state index in [9.17, 15) is 15.0 Å². The van der Waals surface area contributed by atoms with Gasteiger partial charge in [-0.15, -0.1) is 0 Å². The van der Waals surface area contributed by atoms with E-state index in [-0.39, 0.29) is 12.8 Å². The number of hydrogen-bond donors (Lipinski definition) is 1. The molecule has 1 aromatic rings. The zero-order valence-corrected chi connectivity index (χ0v) is 9.40. The lowest BCUT2D eigenvalue weighted by molar-refractivity contribution is -0.306. The first kappa shape index (κ1) is 12.5. The predicted octanol–water partition coefficient (Wildman–Crippen LogP) is 0.567.